The minimum absolute atomic E-state index is 0.299. The number of sulfonamides is 1. The van der Waals surface area contributed by atoms with Crippen molar-refractivity contribution in [2.24, 2.45) is 5.41 Å². The summed E-state index contributed by atoms with van der Waals surface area (Å²) in [6.07, 6.45) is 3.82. The molecule has 4 heteroatoms. The summed E-state index contributed by atoms with van der Waals surface area (Å²) in [6.45, 7) is 7.78. The van der Waals surface area contributed by atoms with Gasteiger partial charge in [-0.25, -0.2) is 12.7 Å². The van der Waals surface area contributed by atoms with E-state index in [0.717, 1.165) is 19.3 Å². The molecule has 0 aliphatic carbocycles. The molecule has 0 aromatic carbocycles. The third kappa shape index (κ3) is 3.76. The Kier molecular flexibility index (Phi) is 4.18. The lowest BCUT2D eigenvalue weighted by molar-refractivity contribution is 0.315. The Morgan fingerprint density at radius 3 is 2.47 bits per heavy atom. The molecule has 1 aliphatic rings. The predicted molar refractivity (Wildman–Crippen MR) is 63.3 cm³/mol. The number of nitrogens with zero attached hydrogens (tertiary/aromatic N) is 1. The van der Waals surface area contributed by atoms with E-state index < -0.39 is 10.0 Å². The molecule has 15 heavy (non-hydrogen) atoms. The molecule has 0 amide bonds. The maximum Gasteiger partial charge on any atom is 0.214 e. The van der Waals surface area contributed by atoms with Gasteiger partial charge in [0.2, 0.25) is 10.0 Å². The van der Waals surface area contributed by atoms with Crippen molar-refractivity contribution in [2.45, 2.75) is 46.5 Å². The normalized spacial score (nSPS) is 23.7. The van der Waals surface area contributed by atoms with Crippen LogP contribution in [0.2, 0.25) is 0 Å². The van der Waals surface area contributed by atoms with E-state index in [1.165, 1.54) is 0 Å². The minimum Gasteiger partial charge on any atom is -0.212 e. The van der Waals surface area contributed by atoms with Crippen molar-refractivity contribution in [1.82, 2.24) is 4.31 Å². The predicted octanol–water partition coefficient (Wildman–Crippen LogP) is 2.24. The van der Waals surface area contributed by atoms with Gasteiger partial charge in [-0.2, -0.15) is 0 Å². The van der Waals surface area contributed by atoms with Gasteiger partial charge in [0, 0.05) is 13.1 Å². The Morgan fingerprint density at radius 1 is 1.20 bits per heavy atom. The van der Waals surface area contributed by atoms with E-state index in [9.17, 15) is 8.42 Å². The molecule has 1 fully saturated rings. The molecule has 0 unspecified atom stereocenters. The fourth-order valence-corrected chi connectivity index (χ4v) is 3.61. The molecule has 1 rings (SSSR count). The highest BCUT2D eigenvalue weighted by Crippen LogP contribution is 2.30. The first-order valence-corrected chi connectivity index (χ1v) is 7.46. The second-order valence-electron chi connectivity index (χ2n) is 5.23. The van der Waals surface area contributed by atoms with Gasteiger partial charge in [0.25, 0.3) is 0 Å². The fraction of sp³-hybridized carbons (Fsp3) is 1.00. The zero-order valence-electron chi connectivity index (χ0n) is 10.1. The van der Waals surface area contributed by atoms with Crippen LogP contribution < -0.4 is 0 Å². The van der Waals surface area contributed by atoms with E-state index in [-0.39, 0.29) is 0 Å². The first kappa shape index (κ1) is 13.0. The lowest BCUT2D eigenvalue weighted by Gasteiger charge is -2.22. The molecular weight excluding hydrogens is 210 g/mol. The molecular formula is C11H23NO2S. The van der Waals surface area contributed by atoms with Crippen LogP contribution in [0.1, 0.15) is 46.5 Å². The van der Waals surface area contributed by atoms with Gasteiger partial charge in [-0.05, 0) is 31.1 Å². The van der Waals surface area contributed by atoms with E-state index in [1.807, 2.05) is 6.92 Å². The Balaban J connectivity index is 2.66. The van der Waals surface area contributed by atoms with Crippen molar-refractivity contribution < 1.29 is 8.42 Å². The molecule has 1 heterocycles. The first-order chi connectivity index (χ1) is 6.87. The summed E-state index contributed by atoms with van der Waals surface area (Å²) < 4.78 is 25.4. The maximum absolute atomic E-state index is 11.9. The van der Waals surface area contributed by atoms with Crippen LogP contribution in [0.3, 0.4) is 0 Å². The second kappa shape index (κ2) is 4.83. The maximum atomic E-state index is 11.9. The quantitative estimate of drug-likeness (QED) is 0.749. The van der Waals surface area contributed by atoms with Crippen LogP contribution in [0.25, 0.3) is 0 Å². The van der Waals surface area contributed by atoms with Crippen molar-refractivity contribution in [3.63, 3.8) is 0 Å². The molecule has 1 saturated heterocycles. The second-order valence-corrected chi connectivity index (χ2v) is 7.32. The Morgan fingerprint density at radius 2 is 1.87 bits per heavy atom. The van der Waals surface area contributed by atoms with Gasteiger partial charge in [-0.3, -0.25) is 0 Å². The number of hydrogen-bond donors (Lipinski definition) is 0. The molecule has 0 aromatic rings. The lowest BCUT2D eigenvalue weighted by atomic mass is 9.85. The van der Waals surface area contributed by atoms with Gasteiger partial charge in [0.15, 0.2) is 0 Å². The monoisotopic (exact) mass is 233 g/mol. The van der Waals surface area contributed by atoms with Gasteiger partial charge in [-0.1, -0.05) is 20.8 Å². The molecule has 0 N–H and O–H groups in total. The molecule has 3 nitrogen and oxygen atoms in total. The summed E-state index contributed by atoms with van der Waals surface area (Å²) in [5.74, 6) is 0.299. The Labute approximate surface area is 93.9 Å². The van der Waals surface area contributed by atoms with Crippen LogP contribution in [0.5, 0.6) is 0 Å². The fourth-order valence-electron chi connectivity index (χ4n) is 2.06. The van der Waals surface area contributed by atoms with Crippen molar-refractivity contribution in [3.8, 4) is 0 Å². The number of hydrogen-bond acceptors (Lipinski definition) is 2. The highest BCUT2D eigenvalue weighted by molar-refractivity contribution is 7.89. The molecule has 0 aromatic heterocycles. The molecule has 90 valence electrons. The molecule has 1 aliphatic heterocycles. The van der Waals surface area contributed by atoms with Crippen LogP contribution in [0.4, 0.5) is 0 Å². The van der Waals surface area contributed by atoms with Crippen LogP contribution in [-0.4, -0.2) is 31.6 Å². The number of rotatable bonds is 3. The van der Waals surface area contributed by atoms with Gasteiger partial charge in [0.1, 0.15) is 0 Å². The summed E-state index contributed by atoms with van der Waals surface area (Å²) in [4.78, 5) is 0. The SMILES string of the molecule is CCCS(=O)(=O)N1CCCC(C)(C)CC1. The van der Waals surface area contributed by atoms with Crippen molar-refractivity contribution in [2.75, 3.05) is 18.8 Å². The van der Waals surface area contributed by atoms with Gasteiger partial charge in [0.05, 0.1) is 5.75 Å². The van der Waals surface area contributed by atoms with E-state index in [1.54, 1.807) is 4.31 Å². The summed E-state index contributed by atoms with van der Waals surface area (Å²) in [5.41, 5.74) is 0.302. The molecule has 0 atom stereocenters. The first-order valence-electron chi connectivity index (χ1n) is 5.85. The summed E-state index contributed by atoms with van der Waals surface area (Å²) in [6, 6.07) is 0. The van der Waals surface area contributed by atoms with Gasteiger partial charge < -0.3 is 0 Å². The minimum atomic E-state index is -2.97. The molecule has 0 radical (unpaired) electrons. The molecule has 0 saturated carbocycles. The Bertz CT molecular complexity index is 296. The van der Waals surface area contributed by atoms with E-state index >= 15 is 0 Å². The van der Waals surface area contributed by atoms with Crippen molar-refractivity contribution in [1.29, 1.82) is 0 Å². The van der Waals surface area contributed by atoms with Gasteiger partial charge in [-0.15, -0.1) is 0 Å². The van der Waals surface area contributed by atoms with Crippen LogP contribution in [0, 0.1) is 5.41 Å². The molecule has 0 spiro atoms. The third-order valence-electron chi connectivity index (χ3n) is 3.15. The van der Waals surface area contributed by atoms with Crippen LogP contribution in [-0.2, 0) is 10.0 Å². The van der Waals surface area contributed by atoms with E-state index in [4.69, 9.17) is 0 Å². The summed E-state index contributed by atoms with van der Waals surface area (Å²) >= 11 is 0. The highest BCUT2D eigenvalue weighted by atomic mass is 32.2. The third-order valence-corrected chi connectivity index (χ3v) is 5.23. The van der Waals surface area contributed by atoms with Gasteiger partial charge >= 0.3 is 0 Å². The average Bonchev–Trinajstić information content (AvgIpc) is 2.26. The standard InChI is InChI=1S/C11H23NO2S/c1-4-10-15(13,14)12-8-5-6-11(2,3)7-9-12/h4-10H2,1-3H3. The highest BCUT2D eigenvalue weighted by Gasteiger charge is 2.28. The van der Waals surface area contributed by atoms with Crippen LogP contribution in [0.15, 0.2) is 0 Å². The topological polar surface area (TPSA) is 37.4 Å². The summed E-state index contributed by atoms with van der Waals surface area (Å²) in [5, 5.41) is 0. The molecule has 0 bridgehead atoms. The zero-order valence-corrected chi connectivity index (χ0v) is 10.9. The zero-order chi connectivity index (χ0) is 11.5. The summed E-state index contributed by atoms with van der Waals surface area (Å²) in [7, 11) is -2.97. The van der Waals surface area contributed by atoms with E-state index in [2.05, 4.69) is 13.8 Å². The average molecular weight is 233 g/mol. The van der Waals surface area contributed by atoms with Crippen molar-refractivity contribution >= 4 is 10.0 Å². The van der Waals surface area contributed by atoms with E-state index in [0.29, 0.717) is 30.7 Å². The Hall–Kier alpha value is -0.0900. The van der Waals surface area contributed by atoms with Crippen molar-refractivity contribution in [3.05, 3.63) is 0 Å². The lowest BCUT2D eigenvalue weighted by Crippen LogP contribution is -2.34. The van der Waals surface area contributed by atoms with Crippen LogP contribution >= 0.6 is 0 Å². The smallest absolute Gasteiger partial charge is 0.212 e. The largest absolute Gasteiger partial charge is 0.214 e.